The zero-order valence-corrected chi connectivity index (χ0v) is 18.5. The first-order chi connectivity index (χ1) is 16.7. The molecule has 167 valence electrons. The third-order valence-corrected chi connectivity index (χ3v) is 5.34. The number of hydrogen-bond donors (Lipinski definition) is 1. The van der Waals surface area contributed by atoms with Crippen LogP contribution in [0.1, 0.15) is 15.9 Å². The molecule has 0 bridgehead atoms. The maximum Gasteiger partial charge on any atom is 0.281 e. The molecule has 4 aromatic rings. The number of hydrogen-bond acceptors (Lipinski definition) is 7. The van der Waals surface area contributed by atoms with Gasteiger partial charge in [0.1, 0.15) is 17.3 Å². The molecule has 1 amide bonds. The lowest BCUT2D eigenvalue weighted by Crippen LogP contribution is -2.18. The van der Waals surface area contributed by atoms with Crippen LogP contribution in [0, 0.1) is 0 Å². The van der Waals surface area contributed by atoms with Crippen LogP contribution in [0.15, 0.2) is 73.2 Å². The van der Waals surface area contributed by atoms with Crippen molar-refractivity contribution in [2.24, 2.45) is 0 Å². The predicted molar refractivity (Wildman–Crippen MR) is 129 cm³/mol. The van der Waals surface area contributed by atoms with Crippen molar-refractivity contribution in [2.75, 3.05) is 19.5 Å². The monoisotopic (exact) mass is 450 g/mol. The van der Waals surface area contributed by atoms with Gasteiger partial charge in [0.25, 0.3) is 5.91 Å². The van der Waals surface area contributed by atoms with Gasteiger partial charge in [0.05, 0.1) is 37.9 Å². The van der Waals surface area contributed by atoms with Gasteiger partial charge in [0.2, 0.25) is 5.88 Å². The van der Waals surface area contributed by atoms with E-state index in [2.05, 4.69) is 25.6 Å². The van der Waals surface area contributed by atoms with Crippen molar-refractivity contribution < 1.29 is 14.3 Å². The van der Waals surface area contributed by atoms with E-state index in [4.69, 9.17) is 9.47 Å². The number of amides is 1. The van der Waals surface area contributed by atoms with Crippen LogP contribution in [0.4, 0.5) is 11.5 Å². The van der Waals surface area contributed by atoms with Crippen LogP contribution in [0.5, 0.6) is 11.6 Å². The fourth-order valence-corrected chi connectivity index (χ4v) is 3.72. The van der Waals surface area contributed by atoms with Crippen molar-refractivity contribution >= 4 is 23.5 Å². The molecule has 1 N–H and O–H groups in total. The van der Waals surface area contributed by atoms with Crippen molar-refractivity contribution in [1.29, 1.82) is 0 Å². The number of fused-ring (bicyclic) bond motifs is 1. The highest BCUT2D eigenvalue weighted by molar-refractivity contribution is 6.05. The van der Waals surface area contributed by atoms with Gasteiger partial charge in [-0.15, -0.1) is 0 Å². The molecule has 0 saturated heterocycles. The van der Waals surface area contributed by atoms with Gasteiger partial charge in [-0.3, -0.25) is 9.78 Å². The molecule has 1 radical (unpaired) electrons. The van der Waals surface area contributed by atoms with E-state index in [-0.39, 0.29) is 5.91 Å². The molecule has 0 atom stereocenters. The number of methoxy groups -OCH3 is 2. The van der Waals surface area contributed by atoms with Crippen molar-refractivity contribution in [3.05, 3.63) is 84.3 Å². The van der Waals surface area contributed by atoms with Gasteiger partial charge >= 0.3 is 0 Å². The van der Waals surface area contributed by atoms with E-state index in [1.807, 2.05) is 48.5 Å². The van der Waals surface area contributed by atoms with Crippen LogP contribution >= 0.6 is 0 Å². The number of aromatic nitrogens is 3. The Balaban J connectivity index is 1.58. The minimum Gasteiger partial charge on any atom is -0.496 e. The van der Waals surface area contributed by atoms with Gasteiger partial charge in [0, 0.05) is 23.5 Å². The second-order valence-corrected chi connectivity index (χ2v) is 7.42. The van der Waals surface area contributed by atoms with E-state index < -0.39 is 0 Å². The van der Waals surface area contributed by atoms with Crippen molar-refractivity contribution in [3.63, 3.8) is 0 Å². The van der Waals surface area contributed by atoms with Crippen LogP contribution < -0.4 is 20.1 Å². The molecule has 0 spiro atoms. The molecule has 8 heteroatoms. The number of carbonyl (C=O) groups excluding carboxylic acids is 1. The minimum absolute atomic E-state index is 0.365. The summed E-state index contributed by atoms with van der Waals surface area (Å²) in [4.78, 5) is 25.9. The van der Waals surface area contributed by atoms with E-state index in [1.54, 1.807) is 25.4 Å². The number of anilines is 2. The molecule has 1 aliphatic heterocycles. The molecule has 3 heterocycles. The topological polar surface area (TPSA) is 100 Å². The highest BCUT2D eigenvalue weighted by Gasteiger charge is 2.23. The molecule has 0 aliphatic carbocycles. The zero-order chi connectivity index (χ0) is 23.5. The normalized spacial score (nSPS) is 12.0. The Morgan fingerprint density at radius 2 is 1.74 bits per heavy atom. The summed E-state index contributed by atoms with van der Waals surface area (Å²) in [5, 5.41) is 7.19. The van der Waals surface area contributed by atoms with Crippen LogP contribution in [0.25, 0.3) is 28.6 Å². The average molecular weight is 450 g/mol. The lowest BCUT2D eigenvalue weighted by atomic mass is 10.0. The molecular formula is C26H20N5O3. The summed E-state index contributed by atoms with van der Waals surface area (Å²) in [7, 11) is 3.15. The van der Waals surface area contributed by atoms with Crippen LogP contribution in [0.3, 0.4) is 0 Å². The maximum atomic E-state index is 12.6. The number of carbonyl (C=O) groups is 1. The molecule has 34 heavy (non-hydrogen) atoms. The second-order valence-electron chi connectivity index (χ2n) is 7.42. The van der Waals surface area contributed by atoms with Crippen LogP contribution in [0.2, 0.25) is 0 Å². The summed E-state index contributed by atoms with van der Waals surface area (Å²) in [6.07, 6.45) is 6.36. The Morgan fingerprint density at radius 1 is 0.882 bits per heavy atom. The lowest BCUT2D eigenvalue weighted by molar-refractivity contribution is 0.0965. The second kappa shape index (κ2) is 9.03. The Kier molecular flexibility index (Phi) is 5.61. The first-order valence-electron chi connectivity index (χ1n) is 10.5. The highest BCUT2D eigenvalue weighted by Crippen LogP contribution is 2.35. The van der Waals surface area contributed by atoms with E-state index in [1.165, 1.54) is 19.5 Å². The third kappa shape index (κ3) is 4.04. The van der Waals surface area contributed by atoms with E-state index in [0.29, 0.717) is 45.6 Å². The van der Waals surface area contributed by atoms with E-state index in [9.17, 15) is 4.79 Å². The predicted octanol–water partition coefficient (Wildman–Crippen LogP) is 4.70. The number of rotatable bonds is 6. The minimum atomic E-state index is -0.372. The van der Waals surface area contributed by atoms with Crippen molar-refractivity contribution in [1.82, 2.24) is 20.3 Å². The molecule has 0 fully saturated rings. The lowest BCUT2D eigenvalue weighted by Gasteiger charge is -2.17. The van der Waals surface area contributed by atoms with Gasteiger partial charge in [-0.05, 0) is 35.4 Å². The fourth-order valence-electron chi connectivity index (χ4n) is 3.72. The number of benzene rings is 2. The Labute approximate surface area is 196 Å². The molecule has 1 aliphatic rings. The standard InChI is InChI=1S/C26H20N5O3/c1-33-22-13-18(8-9-19(22)16-6-4-3-5-7-16)29-25-24-17(10-11-28-26(24)32)12-20(31-25)21-14-27-15-23(30-21)34-2/h3-15H,1-2H3,(H,29,31). The van der Waals surface area contributed by atoms with Crippen LogP contribution in [-0.2, 0) is 0 Å². The van der Waals surface area contributed by atoms with Crippen molar-refractivity contribution in [3.8, 4) is 34.1 Å². The summed E-state index contributed by atoms with van der Waals surface area (Å²) < 4.78 is 10.8. The van der Waals surface area contributed by atoms with Gasteiger partial charge < -0.3 is 14.8 Å². The number of ether oxygens (including phenoxy) is 2. The summed E-state index contributed by atoms with van der Waals surface area (Å²) in [6.45, 7) is 0. The highest BCUT2D eigenvalue weighted by atomic mass is 16.5. The maximum absolute atomic E-state index is 12.6. The quantitative estimate of drug-likeness (QED) is 0.455. The smallest absolute Gasteiger partial charge is 0.281 e. The molecule has 5 rings (SSSR count). The largest absolute Gasteiger partial charge is 0.496 e. The van der Waals surface area contributed by atoms with Crippen molar-refractivity contribution in [2.45, 2.75) is 0 Å². The van der Waals surface area contributed by atoms with Gasteiger partial charge in [-0.2, -0.15) is 0 Å². The molecule has 0 saturated carbocycles. The van der Waals surface area contributed by atoms with E-state index >= 15 is 0 Å². The Bertz CT molecular complexity index is 1400. The number of nitrogens with one attached hydrogen (secondary N) is 1. The van der Waals surface area contributed by atoms with Gasteiger partial charge in [0.15, 0.2) is 0 Å². The molecule has 8 nitrogen and oxygen atoms in total. The third-order valence-electron chi connectivity index (χ3n) is 5.34. The molecule has 0 unspecified atom stereocenters. The van der Waals surface area contributed by atoms with Gasteiger partial charge in [-0.1, -0.05) is 30.3 Å². The zero-order valence-electron chi connectivity index (χ0n) is 18.5. The van der Waals surface area contributed by atoms with Gasteiger partial charge in [-0.25, -0.2) is 15.3 Å². The first-order valence-corrected chi connectivity index (χ1v) is 10.5. The van der Waals surface area contributed by atoms with Crippen LogP contribution in [-0.4, -0.2) is 35.1 Å². The molecule has 2 aromatic carbocycles. The Morgan fingerprint density at radius 3 is 2.53 bits per heavy atom. The van der Waals surface area contributed by atoms with E-state index in [0.717, 1.165) is 11.1 Å². The number of nitrogens with zero attached hydrogens (tertiary/aromatic N) is 4. The number of pyridine rings is 1. The summed E-state index contributed by atoms with van der Waals surface area (Å²) in [5.41, 5.74) is 4.84. The average Bonchev–Trinajstić information content (AvgIpc) is 2.89. The molecule has 2 aromatic heterocycles. The summed E-state index contributed by atoms with van der Waals surface area (Å²) in [5.74, 6) is 1.05. The first kappa shape index (κ1) is 21.1. The fraction of sp³-hybridized carbons (Fsp3) is 0.0769. The molecular weight excluding hydrogens is 430 g/mol. The summed E-state index contributed by atoms with van der Waals surface area (Å²) >= 11 is 0. The summed E-state index contributed by atoms with van der Waals surface area (Å²) in [6, 6.07) is 17.5. The Hall–Kier alpha value is -4.72. The SMILES string of the molecule is COc1cncc(-c2cc3c(c(Nc4ccc(-c5ccccc5)c(OC)c4)n2)C(=O)[N]C=C3)n1.